The molecule has 3 nitrogen and oxygen atoms in total. The van der Waals surface area contributed by atoms with Crippen LogP contribution in [0.1, 0.15) is 12.0 Å². The van der Waals surface area contributed by atoms with Crippen molar-refractivity contribution in [2.75, 3.05) is 0 Å². The molecule has 0 radical (unpaired) electrons. The standard InChI is InChI=1S/C7H3ClF5NO2/c8-5-4(15)3(6(9)10)2(1-14-5)16-7(11,12)13/h1,6,15H. The number of aromatic nitrogens is 1. The van der Waals surface area contributed by atoms with Gasteiger partial charge in [0.15, 0.2) is 16.7 Å². The zero-order valence-corrected chi connectivity index (χ0v) is 7.98. The van der Waals surface area contributed by atoms with Gasteiger partial charge in [-0.15, -0.1) is 13.2 Å². The van der Waals surface area contributed by atoms with E-state index < -0.39 is 35.0 Å². The van der Waals surface area contributed by atoms with Crippen LogP contribution in [-0.2, 0) is 0 Å². The number of halogens is 6. The molecule has 0 aliphatic heterocycles. The molecule has 0 bridgehead atoms. The summed E-state index contributed by atoms with van der Waals surface area (Å²) in [5.41, 5.74) is -1.35. The lowest BCUT2D eigenvalue weighted by Gasteiger charge is -2.13. The monoisotopic (exact) mass is 263 g/mol. The molecule has 0 aliphatic rings. The van der Waals surface area contributed by atoms with E-state index in [0.29, 0.717) is 6.20 Å². The normalized spacial score (nSPS) is 11.9. The van der Waals surface area contributed by atoms with Gasteiger partial charge in [0.1, 0.15) is 5.56 Å². The number of rotatable bonds is 2. The van der Waals surface area contributed by atoms with E-state index >= 15 is 0 Å². The predicted molar refractivity (Wildman–Crippen MR) is 42.6 cm³/mol. The van der Waals surface area contributed by atoms with Gasteiger partial charge in [-0.2, -0.15) is 0 Å². The highest BCUT2D eigenvalue weighted by atomic mass is 35.5. The molecule has 0 unspecified atom stereocenters. The summed E-state index contributed by atoms with van der Waals surface area (Å²) in [4.78, 5) is 3.06. The van der Waals surface area contributed by atoms with E-state index in [9.17, 15) is 22.0 Å². The van der Waals surface area contributed by atoms with E-state index in [2.05, 4.69) is 9.72 Å². The molecule has 1 aromatic heterocycles. The van der Waals surface area contributed by atoms with Gasteiger partial charge >= 0.3 is 6.36 Å². The molecule has 1 aromatic rings. The van der Waals surface area contributed by atoms with E-state index in [-0.39, 0.29) is 0 Å². The quantitative estimate of drug-likeness (QED) is 0.658. The van der Waals surface area contributed by atoms with Crippen LogP contribution in [0.5, 0.6) is 11.5 Å². The van der Waals surface area contributed by atoms with Gasteiger partial charge in [-0.3, -0.25) is 0 Å². The number of alkyl halides is 5. The van der Waals surface area contributed by atoms with Crippen LogP contribution in [0.25, 0.3) is 0 Å². The number of pyridine rings is 1. The van der Waals surface area contributed by atoms with Crippen molar-refractivity contribution in [3.05, 3.63) is 16.9 Å². The zero-order valence-electron chi connectivity index (χ0n) is 7.23. The summed E-state index contributed by atoms with van der Waals surface area (Å²) < 4.78 is 63.4. The first-order chi connectivity index (χ1) is 7.22. The van der Waals surface area contributed by atoms with Crippen LogP contribution in [-0.4, -0.2) is 16.5 Å². The Hall–Kier alpha value is -1.31. The molecule has 0 saturated carbocycles. The molecule has 0 saturated heterocycles. The van der Waals surface area contributed by atoms with Crippen LogP contribution in [0.2, 0.25) is 5.15 Å². The van der Waals surface area contributed by atoms with Crippen molar-refractivity contribution in [2.45, 2.75) is 12.8 Å². The number of ether oxygens (including phenoxy) is 1. The van der Waals surface area contributed by atoms with Crippen LogP contribution in [0.3, 0.4) is 0 Å². The molecule has 0 spiro atoms. The van der Waals surface area contributed by atoms with Gasteiger partial charge in [-0.25, -0.2) is 13.8 Å². The van der Waals surface area contributed by atoms with Gasteiger partial charge in [-0.1, -0.05) is 11.6 Å². The molecule has 0 fully saturated rings. The van der Waals surface area contributed by atoms with Crippen molar-refractivity contribution in [2.24, 2.45) is 0 Å². The average molecular weight is 264 g/mol. The largest absolute Gasteiger partial charge is 0.573 e. The van der Waals surface area contributed by atoms with Gasteiger partial charge in [0.2, 0.25) is 0 Å². The second-order valence-corrected chi connectivity index (χ2v) is 2.88. The third-order valence-corrected chi connectivity index (χ3v) is 1.73. The Kier molecular flexibility index (Phi) is 3.41. The zero-order chi connectivity index (χ0) is 12.5. The highest BCUT2D eigenvalue weighted by Crippen LogP contribution is 2.41. The minimum atomic E-state index is -5.16. The Morgan fingerprint density at radius 3 is 2.38 bits per heavy atom. The summed E-state index contributed by atoms with van der Waals surface area (Å²) in [7, 11) is 0. The minimum Gasteiger partial charge on any atom is -0.504 e. The molecule has 0 aromatic carbocycles. The van der Waals surface area contributed by atoms with Crippen LogP contribution >= 0.6 is 11.6 Å². The fraction of sp³-hybridized carbons (Fsp3) is 0.286. The first-order valence-electron chi connectivity index (χ1n) is 3.63. The smallest absolute Gasteiger partial charge is 0.504 e. The Balaban J connectivity index is 3.24. The van der Waals surface area contributed by atoms with Gasteiger partial charge in [-0.05, 0) is 0 Å². The highest BCUT2D eigenvalue weighted by molar-refractivity contribution is 6.30. The Morgan fingerprint density at radius 2 is 1.94 bits per heavy atom. The first kappa shape index (κ1) is 12.8. The fourth-order valence-electron chi connectivity index (χ4n) is 0.891. The molecule has 0 amide bonds. The van der Waals surface area contributed by atoms with Crippen molar-refractivity contribution in [3.8, 4) is 11.5 Å². The molecular weight excluding hydrogens is 261 g/mol. The van der Waals surface area contributed by atoms with Crippen LogP contribution in [0.4, 0.5) is 22.0 Å². The lowest BCUT2D eigenvalue weighted by atomic mass is 10.2. The molecule has 1 N–H and O–H groups in total. The Labute approximate surface area is 90.4 Å². The lowest BCUT2D eigenvalue weighted by molar-refractivity contribution is -0.275. The van der Waals surface area contributed by atoms with Gasteiger partial charge in [0.05, 0.1) is 6.20 Å². The van der Waals surface area contributed by atoms with Crippen molar-refractivity contribution >= 4 is 11.6 Å². The maximum Gasteiger partial charge on any atom is 0.573 e. The second-order valence-electron chi connectivity index (χ2n) is 2.52. The summed E-state index contributed by atoms with van der Waals surface area (Å²) in [5, 5.41) is 8.29. The van der Waals surface area contributed by atoms with E-state index in [4.69, 9.17) is 16.7 Å². The average Bonchev–Trinajstić information content (AvgIpc) is 2.08. The van der Waals surface area contributed by atoms with Crippen LogP contribution in [0.15, 0.2) is 6.20 Å². The number of hydrogen-bond donors (Lipinski definition) is 1. The number of hydrogen-bond acceptors (Lipinski definition) is 3. The van der Waals surface area contributed by atoms with Crippen molar-refractivity contribution in [1.29, 1.82) is 0 Å². The van der Waals surface area contributed by atoms with E-state index in [1.54, 1.807) is 0 Å². The molecule has 1 rings (SSSR count). The maximum absolute atomic E-state index is 12.3. The third kappa shape index (κ3) is 2.84. The SMILES string of the molecule is Oc1c(Cl)ncc(OC(F)(F)F)c1C(F)F. The van der Waals surface area contributed by atoms with Crippen LogP contribution < -0.4 is 4.74 Å². The summed E-state index contributed by atoms with van der Waals surface area (Å²) >= 11 is 5.17. The number of aromatic hydroxyl groups is 1. The maximum atomic E-state index is 12.3. The highest BCUT2D eigenvalue weighted by Gasteiger charge is 2.35. The molecule has 0 aliphatic carbocycles. The summed E-state index contributed by atoms with van der Waals surface area (Å²) in [6.07, 6.45) is -8.18. The van der Waals surface area contributed by atoms with Crippen LogP contribution in [0, 0.1) is 0 Å². The summed E-state index contributed by atoms with van der Waals surface area (Å²) in [6.45, 7) is 0. The molecule has 0 atom stereocenters. The lowest BCUT2D eigenvalue weighted by Crippen LogP contribution is -2.18. The van der Waals surface area contributed by atoms with Gasteiger partial charge < -0.3 is 9.84 Å². The summed E-state index contributed by atoms with van der Waals surface area (Å²) in [5.74, 6) is -2.53. The predicted octanol–water partition coefficient (Wildman–Crippen LogP) is 3.28. The van der Waals surface area contributed by atoms with E-state index in [1.807, 2.05) is 0 Å². The van der Waals surface area contributed by atoms with E-state index in [1.165, 1.54) is 0 Å². The molecule has 90 valence electrons. The van der Waals surface area contributed by atoms with Crippen molar-refractivity contribution in [1.82, 2.24) is 4.98 Å². The van der Waals surface area contributed by atoms with Gasteiger partial charge in [0.25, 0.3) is 6.43 Å². The fourth-order valence-corrected chi connectivity index (χ4v) is 1.04. The Morgan fingerprint density at radius 1 is 1.38 bits per heavy atom. The number of nitrogens with zero attached hydrogens (tertiary/aromatic N) is 1. The Bertz CT molecular complexity index is 395. The topological polar surface area (TPSA) is 42.4 Å². The second kappa shape index (κ2) is 4.28. The van der Waals surface area contributed by atoms with E-state index in [0.717, 1.165) is 0 Å². The first-order valence-corrected chi connectivity index (χ1v) is 4.01. The van der Waals surface area contributed by atoms with Gasteiger partial charge in [0, 0.05) is 0 Å². The molecular formula is C7H3ClF5NO2. The van der Waals surface area contributed by atoms with Crippen molar-refractivity contribution in [3.63, 3.8) is 0 Å². The third-order valence-electron chi connectivity index (χ3n) is 1.46. The molecule has 9 heteroatoms. The summed E-state index contributed by atoms with van der Waals surface area (Å²) in [6, 6.07) is 0. The minimum absolute atomic E-state index is 0.358. The molecule has 16 heavy (non-hydrogen) atoms. The van der Waals surface area contributed by atoms with Crippen molar-refractivity contribution < 1.29 is 31.8 Å². The molecule has 1 heterocycles.